The maximum atomic E-state index is 11.7. The van der Waals surface area contributed by atoms with Crippen LogP contribution in [0, 0.1) is 0 Å². The van der Waals surface area contributed by atoms with Gasteiger partial charge in [-0.25, -0.2) is 8.42 Å². The third kappa shape index (κ3) is 5.24. The summed E-state index contributed by atoms with van der Waals surface area (Å²) >= 11 is 0. The second-order valence-electron chi connectivity index (χ2n) is 5.59. The lowest BCUT2D eigenvalue weighted by Crippen LogP contribution is -2.22. The van der Waals surface area contributed by atoms with Crippen molar-refractivity contribution in [2.75, 3.05) is 17.7 Å². The fraction of sp³-hybridized carbons (Fsp3) is 0.235. The average Bonchev–Trinajstić information content (AvgIpc) is 2.59. The first kappa shape index (κ1) is 19.8. The van der Waals surface area contributed by atoms with Gasteiger partial charge < -0.3 is 4.90 Å². The molecule has 0 saturated carbocycles. The minimum Gasteiger partial charge on any atom is -0.367 e. The van der Waals surface area contributed by atoms with Crippen molar-refractivity contribution in [2.24, 2.45) is 4.36 Å². The molecular formula is C17H18N2O5S2. The Hall–Kier alpha value is -2.52. The van der Waals surface area contributed by atoms with E-state index in [1.165, 1.54) is 18.4 Å². The topological polar surface area (TPSA) is 101 Å². The second kappa shape index (κ2) is 8.24. The van der Waals surface area contributed by atoms with Crippen LogP contribution in [0.2, 0.25) is 0 Å². The van der Waals surface area contributed by atoms with E-state index in [9.17, 15) is 21.6 Å². The summed E-state index contributed by atoms with van der Waals surface area (Å²) in [6.45, 7) is 3.10. The van der Waals surface area contributed by atoms with Crippen molar-refractivity contribution in [2.45, 2.75) is 18.4 Å². The largest absolute Gasteiger partial charge is 0.367 e. The van der Waals surface area contributed by atoms with Crippen LogP contribution in [0.1, 0.15) is 22.8 Å². The van der Waals surface area contributed by atoms with Crippen molar-refractivity contribution in [1.29, 1.82) is 0 Å². The summed E-state index contributed by atoms with van der Waals surface area (Å²) in [4.78, 5) is 13.9. The Morgan fingerprint density at radius 2 is 1.77 bits per heavy atom. The smallest absolute Gasteiger partial charge is 0.319 e. The van der Waals surface area contributed by atoms with Gasteiger partial charge in [0.15, 0.2) is 9.84 Å². The first-order chi connectivity index (χ1) is 12.2. The number of benzene rings is 2. The van der Waals surface area contributed by atoms with E-state index < -0.39 is 26.2 Å². The summed E-state index contributed by atoms with van der Waals surface area (Å²) in [5, 5.41) is 0. The molecule has 0 saturated heterocycles. The monoisotopic (exact) mass is 394 g/mol. The molecule has 0 unspecified atom stereocenters. The predicted molar refractivity (Wildman–Crippen MR) is 98.4 cm³/mol. The zero-order chi connectivity index (χ0) is 19.3. The lowest BCUT2D eigenvalue weighted by Gasteiger charge is -2.23. The van der Waals surface area contributed by atoms with Gasteiger partial charge in [-0.2, -0.15) is 8.42 Å². The van der Waals surface area contributed by atoms with Crippen LogP contribution in [0.4, 0.5) is 5.69 Å². The standard InChI is InChI=1S/C17H18N2O5S2/c1-3-19(12-13-5-4-6-16(11-13)26(2,23)24)15-9-7-14(8-10-15)17(20)18-25(21)22/h4-11H,3,12H2,1-2H3. The Balaban J connectivity index is 2.24. The molecular weight excluding hydrogens is 376 g/mol. The van der Waals surface area contributed by atoms with Crippen LogP contribution in [-0.4, -0.2) is 35.5 Å². The average molecular weight is 394 g/mol. The van der Waals surface area contributed by atoms with Gasteiger partial charge in [0.1, 0.15) is 0 Å². The van der Waals surface area contributed by atoms with Gasteiger partial charge in [0.05, 0.1) is 4.90 Å². The Kier molecular flexibility index (Phi) is 6.27. The van der Waals surface area contributed by atoms with Crippen molar-refractivity contribution in [3.05, 3.63) is 59.7 Å². The van der Waals surface area contributed by atoms with Crippen LogP contribution in [0.3, 0.4) is 0 Å². The van der Waals surface area contributed by atoms with E-state index >= 15 is 0 Å². The fourth-order valence-corrected chi connectivity index (χ4v) is 3.35. The fourth-order valence-electron chi connectivity index (χ4n) is 2.42. The molecule has 0 N–H and O–H groups in total. The van der Waals surface area contributed by atoms with E-state index in [0.29, 0.717) is 13.1 Å². The zero-order valence-electron chi connectivity index (χ0n) is 14.3. The van der Waals surface area contributed by atoms with Gasteiger partial charge >= 0.3 is 10.5 Å². The van der Waals surface area contributed by atoms with Gasteiger partial charge in [0.2, 0.25) is 0 Å². The molecule has 2 aromatic rings. The lowest BCUT2D eigenvalue weighted by molar-refractivity contribution is 0.100. The summed E-state index contributed by atoms with van der Waals surface area (Å²) < 4.78 is 47.3. The van der Waals surface area contributed by atoms with Crippen LogP contribution in [0.15, 0.2) is 57.8 Å². The Labute approximate surface area is 153 Å². The first-order valence-electron chi connectivity index (χ1n) is 7.70. The van der Waals surface area contributed by atoms with Crippen LogP contribution in [0.5, 0.6) is 0 Å². The van der Waals surface area contributed by atoms with E-state index in [0.717, 1.165) is 11.3 Å². The summed E-state index contributed by atoms with van der Waals surface area (Å²) in [5.74, 6) is -0.825. The van der Waals surface area contributed by atoms with Crippen LogP contribution in [-0.2, 0) is 26.9 Å². The Bertz CT molecular complexity index is 1030. The molecule has 0 aliphatic carbocycles. The van der Waals surface area contributed by atoms with Crippen LogP contribution >= 0.6 is 0 Å². The van der Waals surface area contributed by atoms with Gasteiger partial charge in [0, 0.05) is 30.6 Å². The molecule has 0 fully saturated rings. The predicted octanol–water partition coefficient (Wildman–Crippen LogP) is 2.32. The quantitative estimate of drug-likeness (QED) is 0.745. The lowest BCUT2D eigenvalue weighted by atomic mass is 10.1. The molecule has 26 heavy (non-hydrogen) atoms. The number of hydrogen-bond donors (Lipinski definition) is 0. The van der Waals surface area contributed by atoms with E-state index in [1.807, 2.05) is 17.9 Å². The van der Waals surface area contributed by atoms with Crippen molar-refractivity contribution in [1.82, 2.24) is 0 Å². The molecule has 0 heterocycles. The number of sulfone groups is 1. The number of amides is 1. The summed E-state index contributed by atoms with van der Waals surface area (Å²) in [6.07, 6.45) is 1.17. The number of hydrogen-bond acceptors (Lipinski definition) is 6. The normalized spacial score (nSPS) is 11.0. The SMILES string of the molecule is CCN(Cc1cccc(S(C)(=O)=O)c1)c1ccc(C(=O)N=S(=O)=O)cc1. The zero-order valence-corrected chi connectivity index (χ0v) is 15.9. The van der Waals surface area contributed by atoms with Gasteiger partial charge in [-0.15, -0.1) is 0 Å². The van der Waals surface area contributed by atoms with Crippen LogP contribution < -0.4 is 4.90 Å². The van der Waals surface area contributed by atoms with E-state index in [2.05, 4.69) is 4.36 Å². The molecule has 0 radical (unpaired) electrons. The molecule has 7 nitrogen and oxygen atoms in total. The number of anilines is 1. The maximum absolute atomic E-state index is 11.7. The van der Waals surface area contributed by atoms with Crippen molar-refractivity contribution in [3.8, 4) is 0 Å². The summed E-state index contributed by atoms with van der Waals surface area (Å²) in [5.41, 5.74) is 1.83. The Morgan fingerprint density at radius 3 is 2.31 bits per heavy atom. The maximum Gasteiger partial charge on any atom is 0.319 e. The van der Waals surface area contributed by atoms with E-state index in [4.69, 9.17) is 0 Å². The molecule has 0 atom stereocenters. The number of carbonyl (C=O) groups is 1. The van der Waals surface area contributed by atoms with E-state index in [-0.39, 0.29) is 10.5 Å². The highest BCUT2D eigenvalue weighted by atomic mass is 32.2. The van der Waals surface area contributed by atoms with Crippen molar-refractivity contribution in [3.63, 3.8) is 0 Å². The summed E-state index contributed by atoms with van der Waals surface area (Å²) in [6, 6.07) is 13.1. The molecule has 2 rings (SSSR count). The highest BCUT2D eigenvalue weighted by Gasteiger charge is 2.11. The highest BCUT2D eigenvalue weighted by molar-refractivity contribution is 7.90. The highest BCUT2D eigenvalue weighted by Crippen LogP contribution is 2.20. The minimum absolute atomic E-state index is 0.174. The van der Waals surface area contributed by atoms with Crippen molar-refractivity contribution >= 4 is 31.9 Å². The van der Waals surface area contributed by atoms with Crippen molar-refractivity contribution < 1.29 is 21.6 Å². The molecule has 0 aromatic heterocycles. The van der Waals surface area contributed by atoms with Crippen LogP contribution in [0.25, 0.3) is 0 Å². The third-order valence-corrected chi connectivity index (χ3v) is 5.14. The molecule has 1 amide bonds. The number of carbonyl (C=O) groups excluding carboxylic acids is 1. The van der Waals surface area contributed by atoms with E-state index in [1.54, 1.807) is 30.3 Å². The van der Waals surface area contributed by atoms with Gasteiger partial charge in [-0.05, 0) is 48.9 Å². The molecule has 9 heteroatoms. The molecule has 138 valence electrons. The first-order valence-corrected chi connectivity index (χ1v) is 10.6. The molecule has 2 aromatic carbocycles. The molecule has 0 spiro atoms. The third-order valence-electron chi connectivity index (χ3n) is 3.72. The number of rotatable bonds is 6. The Morgan fingerprint density at radius 1 is 1.12 bits per heavy atom. The molecule has 0 bridgehead atoms. The molecule has 0 aliphatic heterocycles. The van der Waals surface area contributed by atoms with Gasteiger partial charge in [-0.1, -0.05) is 16.5 Å². The molecule has 0 aliphatic rings. The van der Waals surface area contributed by atoms with Gasteiger partial charge in [-0.3, -0.25) is 4.79 Å². The minimum atomic E-state index is -3.27. The van der Waals surface area contributed by atoms with Gasteiger partial charge in [0.25, 0.3) is 5.91 Å². The second-order valence-corrected chi connectivity index (χ2v) is 8.23. The summed E-state index contributed by atoms with van der Waals surface area (Å²) in [7, 11) is -6.06. The number of nitrogens with zero attached hydrogens (tertiary/aromatic N) is 2.